The Labute approximate surface area is 191 Å². The number of carbonyl (C=O) groups excluding carboxylic acids is 1. The summed E-state index contributed by atoms with van der Waals surface area (Å²) in [4.78, 5) is 20.6. The van der Waals surface area contributed by atoms with Gasteiger partial charge in [0.15, 0.2) is 16.6 Å². The lowest BCUT2D eigenvalue weighted by Gasteiger charge is -2.37. The lowest BCUT2D eigenvalue weighted by Crippen LogP contribution is -2.44. The molecule has 1 fully saturated rings. The summed E-state index contributed by atoms with van der Waals surface area (Å²) in [6, 6.07) is 11.4. The lowest BCUT2D eigenvalue weighted by atomic mass is 9.88. The number of nitrogens with zero attached hydrogens (tertiary/aromatic N) is 2. The predicted octanol–water partition coefficient (Wildman–Crippen LogP) is 3.66. The second-order valence-corrected chi connectivity index (χ2v) is 8.28. The fourth-order valence-electron chi connectivity index (χ4n) is 5.03. The molecule has 2 aliphatic heterocycles. The maximum atomic E-state index is 13.3. The number of H-pyrrole nitrogens is 1. The van der Waals surface area contributed by atoms with Crippen LogP contribution in [0.3, 0.4) is 0 Å². The Morgan fingerprint density at radius 2 is 1.78 bits per heavy atom. The monoisotopic (exact) mass is 451 g/mol. The minimum atomic E-state index is -0.349. The van der Waals surface area contributed by atoms with Crippen molar-refractivity contribution in [3.63, 3.8) is 0 Å². The fraction of sp³-hybridized carbons (Fsp3) is 0.333. The SMILES string of the molecule is CCN1C(=O)[C@@H]2Cc3c([nH]c4ccccc34)[C@H](c3cc(OC)c(OC)c(OC)c3)N2C1=S. The third-order valence-electron chi connectivity index (χ3n) is 6.45. The largest absolute Gasteiger partial charge is 0.493 e. The van der Waals surface area contributed by atoms with Crippen LogP contribution in [-0.4, -0.2) is 59.7 Å². The number of methoxy groups -OCH3 is 3. The molecule has 1 N–H and O–H groups in total. The van der Waals surface area contributed by atoms with Gasteiger partial charge >= 0.3 is 0 Å². The van der Waals surface area contributed by atoms with Crippen molar-refractivity contribution in [3.05, 3.63) is 53.2 Å². The summed E-state index contributed by atoms with van der Waals surface area (Å²) in [5.74, 6) is 1.69. The number of thiocarbonyl (C=S) groups is 1. The minimum Gasteiger partial charge on any atom is -0.493 e. The molecule has 0 saturated carbocycles. The number of amides is 1. The normalized spacial score (nSPS) is 19.9. The lowest BCUT2D eigenvalue weighted by molar-refractivity contribution is -0.128. The van der Waals surface area contributed by atoms with Crippen molar-refractivity contribution in [2.45, 2.75) is 25.4 Å². The highest BCUT2D eigenvalue weighted by Gasteiger charge is 2.50. The summed E-state index contributed by atoms with van der Waals surface area (Å²) in [6.45, 7) is 2.49. The van der Waals surface area contributed by atoms with Gasteiger partial charge in [-0.15, -0.1) is 0 Å². The average molecular weight is 452 g/mol. The second-order valence-electron chi connectivity index (χ2n) is 7.92. The summed E-state index contributed by atoms with van der Waals surface area (Å²) >= 11 is 5.80. The third kappa shape index (κ3) is 2.79. The summed E-state index contributed by atoms with van der Waals surface area (Å²) < 4.78 is 16.7. The molecule has 166 valence electrons. The molecule has 1 amide bonds. The van der Waals surface area contributed by atoms with E-state index in [1.165, 1.54) is 0 Å². The van der Waals surface area contributed by atoms with Crippen molar-refractivity contribution in [2.75, 3.05) is 27.9 Å². The molecule has 32 heavy (non-hydrogen) atoms. The van der Waals surface area contributed by atoms with Gasteiger partial charge in [0.25, 0.3) is 5.91 Å². The highest BCUT2D eigenvalue weighted by atomic mass is 32.1. The topological polar surface area (TPSA) is 67.0 Å². The fourth-order valence-corrected chi connectivity index (χ4v) is 5.48. The molecule has 2 atom stereocenters. The maximum absolute atomic E-state index is 13.3. The van der Waals surface area contributed by atoms with Crippen LogP contribution in [0.4, 0.5) is 0 Å². The van der Waals surface area contributed by atoms with Crippen LogP contribution in [0.25, 0.3) is 10.9 Å². The molecule has 2 aliphatic rings. The highest BCUT2D eigenvalue weighted by molar-refractivity contribution is 7.80. The minimum absolute atomic E-state index is 0.0471. The molecule has 0 bridgehead atoms. The number of benzene rings is 2. The molecule has 7 nitrogen and oxygen atoms in total. The van der Waals surface area contributed by atoms with Gasteiger partial charge in [0.05, 0.1) is 27.4 Å². The van der Waals surface area contributed by atoms with Crippen LogP contribution in [0.1, 0.15) is 29.8 Å². The van der Waals surface area contributed by atoms with E-state index in [9.17, 15) is 4.79 Å². The Morgan fingerprint density at radius 1 is 1.09 bits per heavy atom. The molecule has 1 saturated heterocycles. The first-order valence-corrected chi connectivity index (χ1v) is 11.0. The zero-order valence-corrected chi connectivity index (χ0v) is 19.3. The maximum Gasteiger partial charge on any atom is 0.251 e. The third-order valence-corrected chi connectivity index (χ3v) is 6.88. The van der Waals surface area contributed by atoms with Gasteiger partial charge in [0.1, 0.15) is 6.04 Å². The number of rotatable bonds is 5. The molecule has 0 aliphatic carbocycles. The van der Waals surface area contributed by atoms with Crippen molar-refractivity contribution >= 4 is 34.1 Å². The number of carbonyl (C=O) groups is 1. The van der Waals surface area contributed by atoms with E-state index in [1.54, 1.807) is 26.2 Å². The number of para-hydroxylation sites is 1. The summed E-state index contributed by atoms with van der Waals surface area (Å²) in [7, 11) is 4.78. The van der Waals surface area contributed by atoms with Gasteiger partial charge in [-0.25, -0.2) is 0 Å². The summed E-state index contributed by atoms with van der Waals surface area (Å²) in [5.41, 5.74) is 4.13. The summed E-state index contributed by atoms with van der Waals surface area (Å²) in [5, 5.41) is 1.68. The van der Waals surface area contributed by atoms with E-state index >= 15 is 0 Å². The molecule has 0 spiro atoms. The van der Waals surface area contributed by atoms with E-state index < -0.39 is 0 Å². The number of hydrogen-bond acceptors (Lipinski definition) is 5. The van der Waals surface area contributed by atoms with Gasteiger partial charge in [-0.05, 0) is 48.5 Å². The molecular formula is C24H25N3O4S. The number of likely N-dealkylation sites (N-methyl/N-ethyl adjacent to an activating group) is 1. The van der Waals surface area contributed by atoms with E-state index in [2.05, 4.69) is 22.0 Å². The van der Waals surface area contributed by atoms with Crippen molar-refractivity contribution in [3.8, 4) is 17.2 Å². The zero-order valence-electron chi connectivity index (χ0n) is 18.5. The first kappa shape index (κ1) is 20.6. The van der Waals surface area contributed by atoms with Gasteiger partial charge in [-0.1, -0.05) is 18.2 Å². The number of ether oxygens (including phenoxy) is 3. The van der Waals surface area contributed by atoms with Gasteiger partial charge in [-0.3, -0.25) is 9.69 Å². The molecule has 5 rings (SSSR count). The Balaban J connectivity index is 1.77. The molecule has 0 unspecified atom stereocenters. The molecule has 3 heterocycles. The van der Waals surface area contributed by atoms with Crippen LogP contribution in [0, 0.1) is 0 Å². The van der Waals surface area contributed by atoms with Crippen molar-refractivity contribution in [2.24, 2.45) is 0 Å². The number of aromatic amines is 1. The first-order valence-electron chi connectivity index (χ1n) is 10.6. The Kier molecular flexibility index (Phi) is 4.97. The van der Waals surface area contributed by atoms with Crippen molar-refractivity contribution in [1.29, 1.82) is 0 Å². The quantitative estimate of drug-likeness (QED) is 0.598. The Bertz CT molecular complexity index is 1210. The van der Waals surface area contributed by atoms with Gasteiger partial charge in [0.2, 0.25) is 5.75 Å². The molecular weight excluding hydrogens is 426 g/mol. The standard InChI is InChI=1S/C24H25N3O4S/c1-5-26-23(28)17-12-15-14-8-6-7-9-16(14)25-20(15)21(27(17)24(26)32)13-10-18(29-2)22(31-4)19(11-13)30-3/h6-11,17,21,25H,5,12H2,1-4H3/t17-,21-/m0/s1. The number of aromatic nitrogens is 1. The van der Waals surface area contributed by atoms with E-state index in [4.69, 9.17) is 26.4 Å². The van der Waals surface area contributed by atoms with Crippen LogP contribution in [0.2, 0.25) is 0 Å². The highest BCUT2D eigenvalue weighted by Crippen LogP contribution is 2.47. The average Bonchev–Trinajstić information content (AvgIpc) is 3.31. The van der Waals surface area contributed by atoms with Crippen molar-refractivity contribution < 1.29 is 19.0 Å². The number of hydrogen-bond donors (Lipinski definition) is 1. The molecule has 2 aromatic carbocycles. The van der Waals surface area contributed by atoms with Gasteiger partial charge in [-0.2, -0.15) is 0 Å². The Morgan fingerprint density at radius 3 is 2.41 bits per heavy atom. The number of nitrogens with one attached hydrogen (secondary N) is 1. The van der Waals surface area contributed by atoms with Gasteiger partial charge < -0.3 is 24.1 Å². The van der Waals surface area contributed by atoms with Crippen LogP contribution in [0.5, 0.6) is 17.2 Å². The van der Waals surface area contributed by atoms with Crippen molar-refractivity contribution in [1.82, 2.24) is 14.8 Å². The Hall–Kier alpha value is -3.26. The first-order chi connectivity index (χ1) is 15.5. The molecule has 1 aromatic heterocycles. The summed E-state index contributed by atoms with van der Waals surface area (Å²) in [6.07, 6.45) is 0.607. The molecule has 3 aromatic rings. The van der Waals surface area contributed by atoms with E-state index in [1.807, 2.05) is 31.2 Å². The van der Waals surface area contributed by atoms with E-state index in [0.29, 0.717) is 35.3 Å². The van der Waals surface area contributed by atoms with E-state index in [-0.39, 0.29) is 18.0 Å². The van der Waals surface area contributed by atoms with Crippen LogP contribution in [0.15, 0.2) is 36.4 Å². The molecule has 0 radical (unpaired) electrons. The smallest absolute Gasteiger partial charge is 0.251 e. The predicted molar refractivity (Wildman–Crippen MR) is 126 cm³/mol. The second kappa shape index (κ2) is 7.70. The van der Waals surface area contributed by atoms with Crippen LogP contribution in [-0.2, 0) is 11.2 Å². The van der Waals surface area contributed by atoms with Crippen LogP contribution >= 0.6 is 12.2 Å². The van der Waals surface area contributed by atoms with E-state index in [0.717, 1.165) is 27.7 Å². The number of fused-ring (bicyclic) bond motifs is 4. The van der Waals surface area contributed by atoms with Gasteiger partial charge in [0, 0.05) is 29.6 Å². The zero-order chi connectivity index (χ0) is 22.6. The molecule has 8 heteroatoms. The van der Waals surface area contributed by atoms with Crippen LogP contribution < -0.4 is 14.2 Å².